The molecular weight excluding hydrogens is 330 g/mol. The first-order valence-electron chi connectivity index (χ1n) is 7.00. The minimum absolute atomic E-state index is 0.0799. The predicted molar refractivity (Wildman–Crippen MR) is 85.1 cm³/mol. The Kier molecular flexibility index (Phi) is 4.25. The molecule has 1 saturated carbocycles. The standard InChI is InChI=1S/C17H16BrNO2/c18-13-7-4-8-15(11-13)21-16(12-5-2-1-3-6-12)17(20)19-14-9-10-14/h1-8,11,14,16H,9-10H2,(H,19,20)/t16-/m1/s1. The Morgan fingerprint density at radius 1 is 1.14 bits per heavy atom. The molecule has 0 aliphatic heterocycles. The third-order valence-electron chi connectivity index (χ3n) is 3.31. The zero-order chi connectivity index (χ0) is 14.7. The molecule has 108 valence electrons. The first-order valence-corrected chi connectivity index (χ1v) is 7.79. The van der Waals surface area contributed by atoms with Crippen LogP contribution >= 0.6 is 15.9 Å². The summed E-state index contributed by atoms with van der Waals surface area (Å²) in [4.78, 5) is 12.4. The fourth-order valence-electron chi connectivity index (χ4n) is 2.08. The van der Waals surface area contributed by atoms with Crippen molar-refractivity contribution in [2.45, 2.75) is 25.0 Å². The summed E-state index contributed by atoms with van der Waals surface area (Å²) in [6.45, 7) is 0. The lowest BCUT2D eigenvalue weighted by molar-refractivity contribution is -0.128. The van der Waals surface area contributed by atoms with E-state index < -0.39 is 6.10 Å². The molecular formula is C17H16BrNO2. The van der Waals surface area contributed by atoms with Gasteiger partial charge in [-0.05, 0) is 31.0 Å². The molecule has 2 aromatic carbocycles. The molecule has 0 bridgehead atoms. The van der Waals surface area contributed by atoms with Crippen LogP contribution in [0.2, 0.25) is 0 Å². The number of ether oxygens (including phenoxy) is 1. The molecule has 0 unspecified atom stereocenters. The lowest BCUT2D eigenvalue weighted by Gasteiger charge is -2.19. The highest BCUT2D eigenvalue weighted by Crippen LogP contribution is 2.26. The van der Waals surface area contributed by atoms with Crippen molar-refractivity contribution in [1.82, 2.24) is 5.32 Å². The zero-order valence-electron chi connectivity index (χ0n) is 11.5. The molecule has 4 heteroatoms. The highest BCUT2D eigenvalue weighted by molar-refractivity contribution is 9.10. The van der Waals surface area contributed by atoms with Gasteiger partial charge in [0.2, 0.25) is 6.10 Å². The summed E-state index contributed by atoms with van der Waals surface area (Å²) in [7, 11) is 0. The van der Waals surface area contributed by atoms with E-state index in [0.29, 0.717) is 11.8 Å². The van der Waals surface area contributed by atoms with Gasteiger partial charge < -0.3 is 10.1 Å². The molecule has 1 aliphatic rings. The number of hydrogen-bond donors (Lipinski definition) is 1. The van der Waals surface area contributed by atoms with Gasteiger partial charge in [-0.3, -0.25) is 4.79 Å². The second-order valence-corrected chi connectivity index (χ2v) is 6.06. The fourth-order valence-corrected chi connectivity index (χ4v) is 2.46. The van der Waals surface area contributed by atoms with Gasteiger partial charge in [-0.1, -0.05) is 52.3 Å². The summed E-state index contributed by atoms with van der Waals surface area (Å²) in [5.74, 6) is 0.591. The van der Waals surface area contributed by atoms with Crippen molar-refractivity contribution < 1.29 is 9.53 Å². The Morgan fingerprint density at radius 2 is 1.90 bits per heavy atom. The molecule has 2 aromatic rings. The summed E-state index contributed by atoms with van der Waals surface area (Å²) < 4.78 is 6.86. The van der Waals surface area contributed by atoms with Crippen molar-refractivity contribution in [3.63, 3.8) is 0 Å². The van der Waals surface area contributed by atoms with E-state index in [2.05, 4.69) is 21.2 Å². The van der Waals surface area contributed by atoms with Gasteiger partial charge in [-0.2, -0.15) is 0 Å². The van der Waals surface area contributed by atoms with Crippen molar-refractivity contribution in [1.29, 1.82) is 0 Å². The monoisotopic (exact) mass is 345 g/mol. The highest BCUT2D eigenvalue weighted by atomic mass is 79.9. The number of rotatable bonds is 5. The maximum absolute atomic E-state index is 12.4. The second kappa shape index (κ2) is 6.31. The van der Waals surface area contributed by atoms with Crippen LogP contribution in [-0.4, -0.2) is 11.9 Å². The highest BCUT2D eigenvalue weighted by Gasteiger charge is 2.29. The fraction of sp³-hybridized carbons (Fsp3) is 0.235. The number of halogens is 1. The third kappa shape index (κ3) is 3.85. The Hall–Kier alpha value is -1.81. The molecule has 0 saturated heterocycles. The number of carbonyl (C=O) groups excluding carboxylic acids is 1. The van der Waals surface area contributed by atoms with Crippen LogP contribution in [0.15, 0.2) is 59.1 Å². The van der Waals surface area contributed by atoms with E-state index in [1.165, 1.54) is 0 Å². The van der Waals surface area contributed by atoms with Gasteiger partial charge in [-0.25, -0.2) is 0 Å². The molecule has 1 fully saturated rings. The van der Waals surface area contributed by atoms with Crippen LogP contribution in [0, 0.1) is 0 Å². The summed E-state index contributed by atoms with van der Waals surface area (Å²) in [6.07, 6.45) is 1.50. The van der Waals surface area contributed by atoms with Gasteiger partial charge in [0.1, 0.15) is 5.75 Å². The Labute approximate surface area is 132 Å². The summed E-state index contributed by atoms with van der Waals surface area (Å²) in [6, 6.07) is 17.4. The number of hydrogen-bond acceptors (Lipinski definition) is 2. The molecule has 1 atom stereocenters. The summed E-state index contributed by atoms with van der Waals surface area (Å²) >= 11 is 3.42. The normalized spacial score (nSPS) is 15.3. The van der Waals surface area contributed by atoms with Gasteiger partial charge in [0, 0.05) is 16.1 Å². The molecule has 0 aromatic heterocycles. The molecule has 0 heterocycles. The van der Waals surface area contributed by atoms with Gasteiger partial charge in [0.05, 0.1) is 0 Å². The van der Waals surface area contributed by atoms with Crippen LogP contribution in [0.1, 0.15) is 24.5 Å². The van der Waals surface area contributed by atoms with Crippen LogP contribution < -0.4 is 10.1 Å². The van der Waals surface area contributed by atoms with E-state index >= 15 is 0 Å². The van der Waals surface area contributed by atoms with Gasteiger partial charge in [0.15, 0.2) is 0 Å². The lowest BCUT2D eigenvalue weighted by atomic mass is 10.1. The second-order valence-electron chi connectivity index (χ2n) is 5.15. The molecule has 21 heavy (non-hydrogen) atoms. The molecule has 0 spiro atoms. The minimum Gasteiger partial charge on any atom is -0.476 e. The zero-order valence-corrected chi connectivity index (χ0v) is 13.0. The molecule has 3 rings (SSSR count). The van der Waals surface area contributed by atoms with Crippen LogP contribution in [0.3, 0.4) is 0 Å². The Bertz CT molecular complexity index is 626. The first kappa shape index (κ1) is 14.1. The first-order chi connectivity index (χ1) is 10.2. The van der Waals surface area contributed by atoms with Crippen LogP contribution in [-0.2, 0) is 4.79 Å². The Morgan fingerprint density at radius 3 is 2.57 bits per heavy atom. The van der Waals surface area contributed by atoms with Crippen LogP contribution in [0.4, 0.5) is 0 Å². The molecule has 3 nitrogen and oxygen atoms in total. The number of carbonyl (C=O) groups is 1. The predicted octanol–water partition coefficient (Wildman–Crippen LogP) is 3.85. The van der Waals surface area contributed by atoms with Crippen molar-refractivity contribution in [3.8, 4) is 5.75 Å². The van der Waals surface area contributed by atoms with Crippen LogP contribution in [0.25, 0.3) is 0 Å². The molecule has 0 radical (unpaired) electrons. The SMILES string of the molecule is O=C(NC1CC1)[C@H](Oc1cccc(Br)c1)c1ccccc1. The number of amides is 1. The molecule has 1 N–H and O–H groups in total. The topological polar surface area (TPSA) is 38.3 Å². The quantitative estimate of drug-likeness (QED) is 0.893. The van der Waals surface area contributed by atoms with Crippen molar-refractivity contribution >= 4 is 21.8 Å². The van der Waals surface area contributed by atoms with Crippen molar-refractivity contribution in [2.24, 2.45) is 0 Å². The van der Waals surface area contributed by atoms with E-state index in [1.54, 1.807) is 0 Å². The van der Waals surface area contributed by atoms with Gasteiger partial charge in [0.25, 0.3) is 5.91 Å². The van der Waals surface area contributed by atoms with E-state index in [1.807, 2.05) is 54.6 Å². The molecule has 1 amide bonds. The van der Waals surface area contributed by atoms with E-state index in [0.717, 1.165) is 22.9 Å². The summed E-state index contributed by atoms with van der Waals surface area (Å²) in [5, 5.41) is 3.01. The largest absolute Gasteiger partial charge is 0.476 e. The third-order valence-corrected chi connectivity index (χ3v) is 3.81. The maximum Gasteiger partial charge on any atom is 0.266 e. The van der Waals surface area contributed by atoms with Crippen LogP contribution in [0.5, 0.6) is 5.75 Å². The van der Waals surface area contributed by atoms with E-state index in [-0.39, 0.29) is 5.91 Å². The number of nitrogens with one attached hydrogen (secondary N) is 1. The molecule has 1 aliphatic carbocycles. The maximum atomic E-state index is 12.4. The van der Waals surface area contributed by atoms with Gasteiger partial charge >= 0.3 is 0 Å². The summed E-state index contributed by atoms with van der Waals surface area (Å²) in [5.41, 5.74) is 0.857. The lowest BCUT2D eigenvalue weighted by Crippen LogP contribution is -2.33. The number of benzene rings is 2. The average molecular weight is 346 g/mol. The van der Waals surface area contributed by atoms with Gasteiger partial charge in [-0.15, -0.1) is 0 Å². The van der Waals surface area contributed by atoms with E-state index in [9.17, 15) is 4.79 Å². The van der Waals surface area contributed by atoms with E-state index in [4.69, 9.17) is 4.74 Å². The Balaban J connectivity index is 1.82. The smallest absolute Gasteiger partial charge is 0.266 e. The van der Waals surface area contributed by atoms with Crippen molar-refractivity contribution in [3.05, 3.63) is 64.6 Å². The minimum atomic E-state index is -0.624. The average Bonchev–Trinajstić information content (AvgIpc) is 3.29. The van der Waals surface area contributed by atoms with Crippen molar-refractivity contribution in [2.75, 3.05) is 0 Å².